The molecule has 1 aromatic carbocycles. The average molecular weight is 222 g/mol. The molecule has 15 heavy (non-hydrogen) atoms. The number of hydrogen-bond acceptors (Lipinski definition) is 3. The molecular weight excluding hydrogens is 212 g/mol. The van der Waals surface area contributed by atoms with Crippen LogP contribution in [0.4, 0.5) is 0 Å². The van der Waals surface area contributed by atoms with Gasteiger partial charge in [-0.3, -0.25) is 9.59 Å². The van der Waals surface area contributed by atoms with Gasteiger partial charge < -0.3 is 5.11 Å². The van der Waals surface area contributed by atoms with Crippen LogP contribution in [0.15, 0.2) is 29.2 Å². The molecule has 0 spiro atoms. The maximum absolute atomic E-state index is 12.0. The van der Waals surface area contributed by atoms with Crippen molar-refractivity contribution < 1.29 is 14.7 Å². The standard InChI is InChI=1S/C11H10O3S/c1-11(10(13)14)6-15-8-5-3-2-4-7(8)9(11)12/h2-5H,6H2,1H3,(H,13,14). The van der Waals surface area contributed by atoms with E-state index in [1.54, 1.807) is 12.1 Å². The van der Waals surface area contributed by atoms with Gasteiger partial charge in [-0.1, -0.05) is 18.2 Å². The predicted molar refractivity (Wildman–Crippen MR) is 57.2 cm³/mol. The second kappa shape index (κ2) is 3.38. The number of carboxylic acids is 1. The van der Waals surface area contributed by atoms with Crippen molar-refractivity contribution in [2.24, 2.45) is 5.41 Å². The number of carbonyl (C=O) groups excluding carboxylic acids is 1. The molecule has 1 unspecified atom stereocenters. The molecule has 0 bridgehead atoms. The first-order valence-electron chi connectivity index (χ1n) is 4.56. The number of benzene rings is 1. The quantitative estimate of drug-likeness (QED) is 0.739. The fourth-order valence-electron chi connectivity index (χ4n) is 1.52. The van der Waals surface area contributed by atoms with Crippen LogP contribution in [0, 0.1) is 5.41 Å². The number of ketones is 1. The molecule has 2 rings (SSSR count). The summed E-state index contributed by atoms with van der Waals surface area (Å²) >= 11 is 1.43. The highest BCUT2D eigenvalue weighted by molar-refractivity contribution is 7.99. The number of carbonyl (C=O) groups is 2. The summed E-state index contributed by atoms with van der Waals surface area (Å²) in [6, 6.07) is 7.14. The lowest BCUT2D eigenvalue weighted by molar-refractivity contribution is -0.143. The van der Waals surface area contributed by atoms with Crippen molar-refractivity contribution in [3.8, 4) is 0 Å². The van der Waals surface area contributed by atoms with Crippen LogP contribution in [0.5, 0.6) is 0 Å². The third kappa shape index (κ3) is 1.45. The van der Waals surface area contributed by atoms with Gasteiger partial charge in [0.25, 0.3) is 0 Å². The van der Waals surface area contributed by atoms with Gasteiger partial charge in [-0.05, 0) is 13.0 Å². The molecule has 1 aliphatic rings. The van der Waals surface area contributed by atoms with Gasteiger partial charge in [-0.15, -0.1) is 11.8 Å². The van der Waals surface area contributed by atoms with Crippen molar-refractivity contribution in [2.45, 2.75) is 11.8 Å². The molecule has 4 heteroatoms. The van der Waals surface area contributed by atoms with E-state index in [4.69, 9.17) is 5.11 Å². The summed E-state index contributed by atoms with van der Waals surface area (Å²) < 4.78 is 0. The van der Waals surface area contributed by atoms with Crippen molar-refractivity contribution in [1.82, 2.24) is 0 Å². The van der Waals surface area contributed by atoms with Crippen LogP contribution in [0.1, 0.15) is 17.3 Å². The summed E-state index contributed by atoms with van der Waals surface area (Å²) in [5, 5.41) is 9.06. The minimum Gasteiger partial charge on any atom is -0.480 e. The molecule has 1 aromatic rings. The van der Waals surface area contributed by atoms with E-state index in [0.717, 1.165) is 4.90 Å². The van der Waals surface area contributed by atoms with Gasteiger partial charge in [0, 0.05) is 16.2 Å². The van der Waals surface area contributed by atoms with E-state index in [9.17, 15) is 9.59 Å². The fourth-order valence-corrected chi connectivity index (χ4v) is 2.71. The number of fused-ring (bicyclic) bond motifs is 1. The smallest absolute Gasteiger partial charge is 0.318 e. The lowest BCUT2D eigenvalue weighted by Gasteiger charge is -2.28. The first kappa shape index (κ1) is 10.2. The minimum atomic E-state index is -1.28. The Morgan fingerprint density at radius 2 is 2.13 bits per heavy atom. The zero-order valence-electron chi connectivity index (χ0n) is 8.19. The molecule has 0 saturated heterocycles. The van der Waals surface area contributed by atoms with Crippen LogP contribution < -0.4 is 0 Å². The number of rotatable bonds is 1. The maximum Gasteiger partial charge on any atom is 0.318 e. The first-order chi connectivity index (χ1) is 7.05. The van der Waals surface area contributed by atoms with Crippen LogP contribution in [0.25, 0.3) is 0 Å². The lowest BCUT2D eigenvalue weighted by atomic mass is 9.83. The first-order valence-corrected chi connectivity index (χ1v) is 5.54. The second-order valence-corrected chi connectivity index (χ2v) is 4.77. The molecule has 1 N–H and O–H groups in total. The summed E-state index contributed by atoms with van der Waals surface area (Å²) in [5.41, 5.74) is -0.752. The molecule has 3 nitrogen and oxygen atoms in total. The maximum atomic E-state index is 12.0. The zero-order valence-corrected chi connectivity index (χ0v) is 9.00. The molecule has 0 aliphatic carbocycles. The van der Waals surface area contributed by atoms with E-state index >= 15 is 0 Å². The number of carboxylic acid groups (broad SMARTS) is 1. The summed E-state index contributed by atoms with van der Waals surface area (Å²) in [5.74, 6) is -1.03. The number of thioether (sulfide) groups is 1. The third-order valence-corrected chi connectivity index (χ3v) is 4.01. The molecule has 1 aliphatic heterocycles. The molecular formula is C11H10O3S. The summed E-state index contributed by atoms with van der Waals surface area (Å²) in [7, 11) is 0. The predicted octanol–water partition coefficient (Wildman–Crippen LogP) is 2.07. The molecule has 1 heterocycles. The summed E-state index contributed by atoms with van der Waals surface area (Å²) in [6.07, 6.45) is 0. The van der Waals surface area contributed by atoms with E-state index in [-0.39, 0.29) is 5.78 Å². The normalized spacial score (nSPS) is 24.7. The highest BCUT2D eigenvalue weighted by Gasteiger charge is 2.45. The lowest BCUT2D eigenvalue weighted by Crippen LogP contribution is -2.41. The Balaban J connectivity index is 2.51. The number of aliphatic carboxylic acids is 1. The van der Waals surface area contributed by atoms with Gasteiger partial charge >= 0.3 is 5.97 Å². The Kier molecular flexibility index (Phi) is 2.31. The van der Waals surface area contributed by atoms with Crippen LogP contribution >= 0.6 is 11.8 Å². The van der Waals surface area contributed by atoms with Crippen LogP contribution in [0.2, 0.25) is 0 Å². The Labute approximate surface area is 91.5 Å². The van der Waals surface area contributed by atoms with Gasteiger partial charge in [-0.2, -0.15) is 0 Å². The summed E-state index contributed by atoms with van der Waals surface area (Å²) in [6.45, 7) is 1.49. The highest BCUT2D eigenvalue weighted by Crippen LogP contribution is 2.39. The van der Waals surface area contributed by atoms with E-state index < -0.39 is 11.4 Å². The van der Waals surface area contributed by atoms with E-state index in [2.05, 4.69) is 0 Å². The van der Waals surface area contributed by atoms with E-state index in [0.29, 0.717) is 11.3 Å². The van der Waals surface area contributed by atoms with Gasteiger partial charge in [0.2, 0.25) is 0 Å². The van der Waals surface area contributed by atoms with Crippen molar-refractivity contribution in [3.05, 3.63) is 29.8 Å². The third-order valence-electron chi connectivity index (χ3n) is 2.62. The van der Waals surface area contributed by atoms with E-state index in [1.165, 1.54) is 18.7 Å². The fraction of sp³-hybridized carbons (Fsp3) is 0.273. The van der Waals surface area contributed by atoms with Crippen LogP contribution in [0.3, 0.4) is 0 Å². The molecule has 0 amide bonds. The Morgan fingerprint density at radius 3 is 2.80 bits per heavy atom. The van der Waals surface area contributed by atoms with Crippen molar-refractivity contribution >= 4 is 23.5 Å². The van der Waals surface area contributed by atoms with Crippen molar-refractivity contribution in [1.29, 1.82) is 0 Å². The average Bonchev–Trinajstić information content (AvgIpc) is 2.24. The second-order valence-electron chi connectivity index (χ2n) is 3.75. The SMILES string of the molecule is CC1(C(=O)O)CSc2ccccc2C1=O. The molecule has 0 saturated carbocycles. The van der Waals surface area contributed by atoms with Gasteiger partial charge in [0.1, 0.15) is 5.41 Å². The number of hydrogen-bond donors (Lipinski definition) is 1. The van der Waals surface area contributed by atoms with Gasteiger partial charge in [0.15, 0.2) is 5.78 Å². The number of Topliss-reactive ketones (excluding diaryl/α,β-unsaturated/α-hetero) is 1. The molecule has 1 atom stereocenters. The Bertz CT molecular complexity index is 441. The Morgan fingerprint density at radius 1 is 1.47 bits per heavy atom. The largest absolute Gasteiger partial charge is 0.480 e. The van der Waals surface area contributed by atoms with Gasteiger partial charge in [-0.25, -0.2) is 0 Å². The van der Waals surface area contributed by atoms with Crippen molar-refractivity contribution in [3.63, 3.8) is 0 Å². The molecule has 78 valence electrons. The minimum absolute atomic E-state index is 0.288. The van der Waals surface area contributed by atoms with Crippen molar-refractivity contribution in [2.75, 3.05) is 5.75 Å². The van der Waals surface area contributed by atoms with Crippen LogP contribution in [-0.4, -0.2) is 22.6 Å². The molecule has 0 radical (unpaired) electrons. The van der Waals surface area contributed by atoms with E-state index in [1.807, 2.05) is 12.1 Å². The molecule has 0 aromatic heterocycles. The Hall–Kier alpha value is -1.29. The van der Waals surface area contributed by atoms with Crippen LogP contribution in [-0.2, 0) is 4.79 Å². The summed E-state index contributed by atoms with van der Waals surface area (Å²) in [4.78, 5) is 23.9. The molecule has 0 fully saturated rings. The topological polar surface area (TPSA) is 54.4 Å². The highest BCUT2D eigenvalue weighted by atomic mass is 32.2. The monoisotopic (exact) mass is 222 g/mol. The van der Waals surface area contributed by atoms with Gasteiger partial charge in [0.05, 0.1) is 0 Å². The zero-order chi connectivity index (χ0) is 11.1.